The number of nitrogens with one attached hydrogen (secondary N) is 1. The topological polar surface area (TPSA) is 24.9 Å². The summed E-state index contributed by atoms with van der Waals surface area (Å²) in [7, 11) is 0. The van der Waals surface area contributed by atoms with Gasteiger partial charge in [0.25, 0.3) is 0 Å². The Kier molecular flexibility index (Phi) is 6.22. The molecular formula is C32H28N2. The predicted octanol–water partition coefficient (Wildman–Crippen LogP) is 8.00. The highest BCUT2D eigenvalue weighted by atomic mass is 14.9. The molecule has 1 aliphatic rings. The number of hydrogen-bond donors (Lipinski definition) is 1. The van der Waals surface area contributed by atoms with Crippen LogP contribution in [0.25, 0.3) is 34.5 Å². The zero-order valence-corrected chi connectivity index (χ0v) is 19.6. The van der Waals surface area contributed by atoms with E-state index in [1.165, 1.54) is 33.4 Å². The van der Waals surface area contributed by atoms with Crippen molar-refractivity contribution in [1.82, 2.24) is 10.3 Å². The van der Waals surface area contributed by atoms with Gasteiger partial charge in [-0.2, -0.15) is 0 Å². The van der Waals surface area contributed by atoms with Gasteiger partial charge in [0, 0.05) is 11.8 Å². The van der Waals surface area contributed by atoms with Crippen LogP contribution in [0.5, 0.6) is 0 Å². The quantitative estimate of drug-likeness (QED) is 0.318. The molecule has 2 nitrogen and oxygen atoms in total. The fourth-order valence-electron chi connectivity index (χ4n) is 4.37. The van der Waals surface area contributed by atoms with Crippen molar-refractivity contribution in [2.45, 2.75) is 19.9 Å². The Morgan fingerprint density at radius 3 is 2.38 bits per heavy atom. The van der Waals surface area contributed by atoms with Crippen LogP contribution < -0.4 is 5.32 Å². The summed E-state index contributed by atoms with van der Waals surface area (Å²) in [5.41, 5.74) is 10.6. The molecule has 0 saturated carbocycles. The van der Waals surface area contributed by atoms with Gasteiger partial charge in [-0.15, -0.1) is 0 Å². The number of aryl methyl sites for hydroxylation is 1. The summed E-state index contributed by atoms with van der Waals surface area (Å²) in [6.45, 7) is 4.25. The molecule has 1 unspecified atom stereocenters. The molecule has 0 fully saturated rings. The molecule has 0 spiro atoms. The second-order valence-corrected chi connectivity index (χ2v) is 8.74. The summed E-state index contributed by atoms with van der Waals surface area (Å²) in [5, 5.41) is 3.47. The average Bonchev–Trinajstić information content (AvgIpc) is 2.88. The van der Waals surface area contributed by atoms with E-state index in [2.05, 4.69) is 122 Å². The van der Waals surface area contributed by atoms with Gasteiger partial charge in [0.1, 0.15) is 0 Å². The summed E-state index contributed by atoms with van der Waals surface area (Å²) in [6.07, 6.45) is 12.7. The number of hydrogen-bond acceptors (Lipinski definition) is 2. The highest BCUT2D eigenvalue weighted by molar-refractivity contribution is 5.83. The largest absolute Gasteiger partial charge is 0.381 e. The highest BCUT2D eigenvalue weighted by Crippen LogP contribution is 2.31. The second-order valence-electron chi connectivity index (χ2n) is 8.74. The van der Waals surface area contributed by atoms with Gasteiger partial charge >= 0.3 is 0 Å². The lowest BCUT2D eigenvalue weighted by Gasteiger charge is -2.20. The number of pyridine rings is 1. The molecule has 1 aliphatic heterocycles. The summed E-state index contributed by atoms with van der Waals surface area (Å²) in [4.78, 5) is 4.70. The van der Waals surface area contributed by atoms with Crippen LogP contribution in [0.15, 0.2) is 115 Å². The average molecular weight is 441 g/mol. The maximum atomic E-state index is 4.70. The number of dihydropyridines is 1. The van der Waals surface area contributed by atoms with Crippen LogP contribution in [0.1, 0.15) is 35.2 Å². The number of rotatable bonds is 5. The molecule has 166 valence electrons. The standard InChI is InChI=1S/C32H28N2/c1-23-16-18-33-31(20-23)29-11-7-6-10-26(29)12-13-27-14-15-28(25-8-4-3-5-9-25)22-30(27)32-21-24(2)17-19-34-32/h3-22,31,33H,1-2H3/b13-12+. The van der Waals surface area contributed by atoms with Gasteiger partial charge in [0.2, 0.25) is 0 Å². The van der Waals surface area contributed by atoms with Crippen LogP contribution in [0.3, 0.4) is 0 Å². The molecule has 0 bridgehead atoms. The van der Waals surface area contributed by atoms with Crippen molar-refractivity contribution in [1.29, 1.82) is 0 Å². The maximum Gasteiger partial charge on any atom is 0.0710 e. The van der Waals surface area contributed by atoms with Crippen molar-refractivity contribution in [2.75, 3.05) is 0 Å². The lowest BCUT2D eigenvalue weighted by Crippen LogP contribution is -2.17. The Balaban J connectivity index is 1.56. The summed E-state index contributed by atoms with van der Waals surface area (Å²) in [5.74, 6) is 0. The fraction of sp³-hybridized carbons (Fsp3) is 0.0938. The third-order valence-electron chi connectivity index (χ3n) is 6.18. The monoisotopic (exact) mass is 440 g/mol. The van der Waals surface area contributed by atoms with Crippen molar-refractivity contribution < 1.29 is 0 Å². The molecule has 1 N–H and O–H groups in total. The summed E-state index contributed by atoms with van der Waals surface area (Å²) in [6, 6.07) is 30.1. The van der Waals surface area contributed by atoms with E-state index in [9.17, 15) is 0 Å². The Bertz CT molecular complexity index is 1390. The second kappa shape index (κ2) is 9.76. The molecule has 34 heavy (non-hydrogen) atoms. The Labute approximate surface area is 202 Å². The van der Waals surface area contributed by atoms with Crippen molar-refractivity contribution in [3.05, 3.63) is 137 Å². The predicted molar refractivity (Wildman–Crippen MR) is 144 cm³/mol. The van der Waals surface area contributed by atoms with E-state index in [0.717, 1.165) is 16.8 Å². The number of benzene rings is 3. The van der Waals surface area contributed by atoms with Crippen LogP contribution in [0.2, 0.25) is 0 Å². The van der Waals surface area contributed by atoms with Crippen molar-refractivity contribution >= 4 is 12.2 Å². The number of nitrogens with zero attached hydrogens (tertiary/aromatic N) is 1. The lowest BCUT2D eigenvalue weighted by molar-refractivity contribution is 0.738. The minimum atomic E-state index is 0.171. The van der Waals surface area contributed by atoms with E-state index in [1.54, 1.807) is 0 Å². The molecule has 2 heteroatoms. The molecule has 1 atom stereocenters. The summed E-state index contributed by atoms with van der Waals surface area (Å²) < 4.78 is 0. The molecule has 2 heterocycles. The van der Waals surface area contributed by atoms with Gasteiger partial charge in [-0.05, 0) is 77.7 Å². The third-order valence-corrected chi connectivity index (χ3v) is 6.18. The van der Waals surface area contributed by atoms with E-state index in [0.29, 0.717) is 0 Å². The van der Waals surface area contributed by atoms with E-state index in [1.807, 2.05) is 18.5 Å². The zero-order valence-electron chi connectivity index (χ0n) is 19.6. The van der Waals surface area contributed by atoms with Crippen LogP contribution in [-0.4, -0.2) is 4.98 Å². The van der Waals surface area contributed by atoms with E-state index < -0.39 is 0 Å². The van der Waals surface area contributed by atoms with Gasteiger partial charge in [-0.25, -0.2) is 0 Å². The van der Waals surface area contributed by atoms with E-state index in [4.69, 9.17) is 4.98 Å². The molecule has 0 aliphatic carbocycles. The SMILES string of the molecule is CC1=CC(c2ccccc2/C=C/c2ccc(-c3ccccc3)cc2-c2cc(C)ccn2)NC=C1. The zero-order chi connectivity index (χ0) is 23.3. The van der Waals surface area contributed by atoms with Crippen molar-refractivity contribution in [2.24, 2.45) is 0 Å². The smallest absolute Gasteiger partial charge is 0.0710 e. The molecule has 1 aromatic heterocycles. The van der Waals surface area contributed by atoms with Crippen molar-refractivity contribution in [3.8, 4) is 22.4 Å². The fourth-order valence-corrected chi connectivity index (χ4v) is 4.37. The van der Waals surface area contributed by atoms with E-state index in [-0.39, 0.29) is 6.04 Å². The molecule has 3 aromatic carbocycles. The summed E-state index contributed by atoms with van der Waals surface area (Å²) >= 11 is 0. The third kappa shape index (κ3) is 4.77. The van der Waals surface area contributed by atoms with Gasteiger partial charge in [-0.1, -0.05) is 90.5 Å². The number of allylic oxidation sites excluding steroid dienone is 2. The lowest BCUT2D eigenvalue weighted by atomic mass is 9.94. The molecular weight excluding hydrogens is 412 g/mol. The van der Waals surface area contributed by atoms with Gasteiger partial charge < -0.3 is 5.32 Å². The molecule has 0 amide bonds. The first-order valence-corrected chi connectivity index (χ1v) is 11.7. The molecule has 4 aromatic rings. The minimum absolute atomic E-state index is 0.171. The van der Waals surface area contributed by atoms with E-state index >= 15 is 0 Å². The Hall–Kier alpha value is -4.17. The molecule has 0 radical (unpaired) electrons. The van der Waals surface area contributed by atoms with Gasteiger partial charge in [0.15, 0.2) is 0 Å². The van der Waals surface area contributed by atoms with Crippen LogP contribution in [-0.2, 0) is 0 Å². The van der Waals surface area contributed by atoms with Gasteiger partial charge in [0.05, 0.1) is 11.7 Å². The van der Waals surface area contributed by atoms with Gasteiger partial charge in [-0.3, -0.25) is 4.98 Å². The number of aromatic nitrogens is 1. The first kappa shape index (κ1) is 21.7. The maximum absolute atomic E-state index is 4.70. The normalized spacial score (nSPS) is 15.2. The molecule has 5 rings (SSSR count). The minimum Gasteiger partial charge on any atom is -0.381 e. The van der Waals surface area contributed by atoms with Crippen molar-refractivity contribution in [3.63, 3.8) is 0 Å². The van der Waals surface area contributed by atoms with Crippen LogP contribution >= 0.6 is 0 Å². The Morgan fingerprint density at radius 1 is 0.765 bits per heavy atom. The van der Waals surface area contributed by atoms with Crippen LogP contribution in [0, 0.1) is 6.92 Å². The highest BCUT2D eigenvalue weighted by Gasteiger charge is 2.13. The first-order chi connectivity index (χ1) is 16.7. The Morgan fingerprint density at radius 2 is 1.56 bits per heavy atom. The molecule has 0 saturated heterocycles. The first-order valence-electron chi connectivity index (χ1n) is 11.7. The van der Waals surface area contributed by atoms with Crippen LogP contribution in [0.4, 0.5) is 0 Å².